The molecule has 0 unspecified atom stereocenters. The molecule has 0 spiro atoms. The van der Waals surface area contributed by atoms with Gasteiger partial charge in [0.1, 0.15) is 4.90 Å². The standard InChI is InChI=1S/C13H18N4O2S/c1-10-7-15-5-4-13(10)16-20(18,19)12-6-11(8-14-2)17(3)9-12/h4-7,9,14H,8H2,1-3H3,(H,15,16). The first-order chi connectivity index (χ1) is 9.44. The molecule has 2 rings (SSSR count). The van der Waals surface area contributed by atoms with E-state index in [2.05, 4.69) is 15.0 Å². The van der Waals surface area contributed by atoms with Gasteiger partial charge in [0.15, 0.2) is 0 Å². The van der Waals surface area contributed by atoms with Crippen molar-refractivity contribution in [1.82, 2.24) is 14.9 Å². The van der Waals surface area contributed by atoms with E-state index in [-0.39, 0.29) is 4.90 Å². The third-order valence-electron chi connectivity index (χ3n) is 3.02. The minimum absolute atomic E-state index is 0.251. The van der Waals surface area contributed by atoms with Gasteiger partial charge in [0, 0.05) is 37.9 Å². The number of aromatic nitrogens is 2. The average molecular weight is 294 g/mol. The number of rotatable bonds is 5. The Kier molecular flexibility index (Phi) is 4.10. The third kappa shape index (κ3) is 3.00. The SMILES string of the molecule is CNCc1cc(S(=O)(=O)Nc2ccncc2C)cn1C. The van der Waals surface area contributed by atoms with Gasteiger partial charge in [0.25, 0.3) is 10.0 Å². The van der Waals surface area contributed by atoms with E-state index in [1.54, 1.807) is 35.3 Å². The molecule has 20 heavy (non-hydrogen) atoms. The molecule has 0 saturated carbocycles. The van der Waals surface area contributed by atoms with Gasteiger partial charge in [-0.15, -0.1) is 0 Å². The van der Waals surface area contributed by atoms with Crippen molar-refractivity contribution >= 4 is 15.7 Å². The quantitative estimate of drug-likeness (QED) is 0.870. The summed E-state index contributed by atoms with van der Waals surface area (Å²) in [6.45, 7) is 2.42. The molecule has 0 aliphatic rings. The molecule has 2 heterocycles. The summed E-state index contributed by atoms with van der Waals surface area (Å²) in [6.07, 6.45) is 4.78. The van der Waals surface area contributed by atoms with Crippen molar-refractivity contribution in [2.24, 2.45) is 7.05 Å². The highest BCUT2D eigenvalue weighted by Crippen LogP contribution is 2.20. The van der Waals surface area contributed by atoms with Crippen molar-refractivity contribution in [2.45, 2.75) is 18.4 Å². The van der Waals surface area contributed by atoms with Gasteiger partial charge in [-0.2, -0.15) is 0 Å². The molecule has 0 fully saturated rings. The average Bonchev–Trinajstić information content (AvgIpc) is 2.75. The van der Waals surface area contributed by atoms with Crippen LogP contribution in [0.1, 0.15) is 11.3 Å². The van der Waals surface area contributed by atoms with Crippen LogP contribution in [-0.4, -0.2) is 25.0 Å². The number of anilines is 1. The Morgan fingerprint density at radius 2 is 2.15 bits per heavy atom. The fourth-order valence-electron chi connectivity index (χ4n) is 1.87. The number of sulfonamides is 1. The molecule has 2 N–H and O–H groups in total. The Labute approximate surface area is 118 Å². The Morgan fingerprint density at radius 1 is 1.40 bits per heavy atom. The van der Waals surface area contributed by atoms with Crippen molar-refractivity contribution in [3.8, 4) is 0 Å². The molecule has 0 bridgehead atoms. The maximum absolute atomic E-state index is 12.4. The van der Waals surface area contributed by atoms with E-state index in [0.717, 1.165) is 11.3 Å². The lowest BCUT2D eigenvalue weighted by Crippen LogP contribution is -2.13. The second-order valence-electron chi connectivity index (χ2n) is 4.60. The van der Waals surface area contributed by atoms with E-state index >= 15 is 0 Å². The maximum Gasteiger partial charge on any atom is 0.263 e. The summed E-state index contributed by atoms with van der Waals surface area (Å²) in [5, 5.41) is 3.00. The number of nitrogens with one attached hydrogen (secondary N) is 2. The molecule has 0 amide bonds. The molecule has 6 nitrogen and oxygen atoms in total. The van der Waals surface area contributed by atoms with Gasteiger partial charge in [0.2, 0.25) is 0 Å². The largest absolute Gasteiger partial charge is 0.352 e. The van der Waals surface area contributed by atoms with Crippen LogP contribution in [-0.2, 0) is 23.6 Å². The number of hydrogen-bond acceptors (Lipinski definition) is 4. The smallest absolute Gasteiger partial charge is 0.263 e. The lowest BCUT2D eigenvalue weighted by Gasteiger charge is -2.08. The van der Waals surface area contributed by atoms with E-state index in [4.69, 9.17) is 0 Å². The minimum Gasteiger partial charge on any atom is -0.352 e. The summed E-state index contributed by atoms with van der Waals surface area (Å²) in [7, 11) is 0.0598. The van der Waals surface area contributed by atoms with Crippen molar-refractivity contribution in [3.05, 3.63) is 42.0 Å². The Morgan fingerprint density at radius 3 is 2.80 bits per heavy atom. The number of aryl methyl sites for hydroxylation is 2. The van der Waals surface area contributed by atoms with Crippen LogP contribution in [0.15, 0.2) is 35.6 Å². The zero-order chi connectivity index (χ0) is 14.8. The first kappa shape index (κ1) is 14.5. The van der Waals surface area contributed by atoms with Gasteiger partial charge in [0.05, 0.1) is 5.69 Å². The normalized spacial score (nSPS) is 11.6. The minimum atomic E-state index is -3.58. The second-order valence-corrected chi connectivity index (χ2v) is 6.29. The topological polar surface area (TPSA) is 76.0 Å². The molecular weight excluding hydrogens is 276 g/mol. The Bertz CT molecular complexity index is 707. The van der Waals surface area contributed by atoms with E-state index < -0.39 is 10.0 Å². The molecular formula is C13H18N4O2S. The lowest BCUT2D eigenvalue weighted by molar-refractivity contribution is 0.601. The van der Waals surface area contributed by atoms with Gasteiger partial charge in [-0.05, 0) is 31.7 Å². The van der Waals surface area contributed by atoms with Crippen LogP contribution in [0.25, 0.3) is 0 Å². The van der Waals surface area contributed by atoms with Crippen LogP contribution in [0.4, 0.5) is 5.69 Å². The van der Waals surface area contributed by atoms with Crippen molar-refractivity contribution < 1.29 is 8.42 Å². The van der Waals surface area contributed by atoms with Crippen LogP contribution in [0.2, 0.25) is 0 Å². The fraction of sp³-hybridized carbons (Fsp3) is 0.308. The lowest BCUT2D eigenvalue weighted by atomic mass is 10.3. The molecule has 0 radical (unpaired) electrons. The van der Waals surface area contributed by atoms with E-state index in [1.807, 2.05) is 21.0 Å². The van der Waals surface area contributed by atoms with Crippen LogP contribution in [0.5, 0.6) is 0 Å². The molecule has 2 aromatic heterocycles. The fourth-order valence-corrected chi connectivity index (χ4v) is 3.10. The predicted molar refractivity (Wildman–Crippen MR) is 78.0 cm³/mol. The summed E-state index contributed by atoms with van der Waals surface area (Å²) in [6, 6.07) is 3.31. The van der Waals surface area contributed by atoms with E-state index in [9.17, 15) is 8.42 Å². The molecule has 0 saturated heterocycles. The van der Waals surface area contributed by atoms with Crippen LogP contribution in [0, 0.1) is 6.92 Å². The highest BCUT2D eigenvalue weighted by Gasteiger charge is 2.18. The van der Waals surface area contributed by atoms with Crippen LogP contribution < -0.4 is 10.0 Å². The van der Waals surface area contributed by atoms with Gasteiger partial charge in [-0.1, -0.05) is 0 Å². The number of pyridine rings is 1. The van der Waals surface area contributed by atoms with Crippen LogP contribution >= 0.6 is 0 Å². The van der Waals surface area contributed by atoms with Crippen molar-refractivity contribution in [2.75, 3.05) is 11.8 Å². The van der Waals surface area contributed by atoms with E-state index in [1.165, 1.54) is 0 Å². The first-order valence-corrected chi connectivity index (χ1v) is 7.65. The maximum atomic E-state index is 12.4. The van der Waals surface area contributed by atoms with Gasteiger partial charge in [-0.3, -0.25) is 9.71 Å². The van der Waals surface area contributed by atoms with Crippen molar-refractivity contribution in [1.29, 1.82) is 0 Å². The highest BCUT2D eigenvalue weighted by molar-refractivity contribution is 7.92. The van der Waals surface area contributed by atoms with Gasteiger partial charge in [-0.25, -0.2) is 8.42 Å². The molecule has 0 aliphatic heterocycles. The van der Waals surface area contributed by atoms with Crippen LogP contribution in [0.3, 0.4) is 0 Å². The molecule has 2 aromatic rings. The van der Waals surface area contributed by atoms with Crippen molar-refractivity contribution in [3.63, 3.8) is 0 Å². The Balaban J connectivity index is 2.31. The number of hydrogen-bond donors (Lipinski definition) is 2. The summed E-state index contributed by atoms with van der Waals surface area (Å²) >= 11 is 0. The molecule has 108 valence electrons. The summed E-state index contributed by atoms with van der Waals surface area (Å²) < 4.78 is 29.1. The summed E-state index contributed by atoms with van der Waals surface area (Å²) in [5.74, 6) is 0. The molecule has 0 aliphatic carbocycles. The Hall–Kier alpha value is -1.86. The monoisotopic (exact) mass is 294 g/mol. The summed E-state index contributed by atoms with van der Waals surface area (Å²) in [5.41, 5.74) is 2.22. The molecule has 0 atom stereocenters. The molecule has 7 heteroatoms. The zero-order valence-electron chi connectivity index (χ0n) is 11.7. The number of nitrogens with zero attached hydrogens (tertiary/aromatic N) is 2. The van der Waals surface area contributed by atoms with Gasteiger partial charge >= 0.3 is 0 Å². The second kappa shape index (κ2) is 5.64. The summed E-state index contributed by atoms with van der Waals surface area (Å²) in [4.78, 5) is 4.19. The first-order valence-electron chi connectivity index (χ1n) is 6.17. The predicted octanol–water partition coefficient (Wildman–Crippen LogP) is 1.25. The highest BCUT2D eigenvalue weighted by atomic mass is 32.2. The van der Waals surface area contributed by atoms with E-state index in [0.29, 0.717) is 12.2 Å². The zero-order valence-corrected chi connectivity index (χ0v) is 12.5. The molecule has 0 aromatic carbocycles. The third-order valence-corrected chi connectivity index (χ3v) is 4.35. The van der Waals surface area contributed by atoms with Gasteiger partial charge < -0.3 is 9.88 Å².